The van der Waals surface area contributed by atoms with E-state index in [1.165, 1.54) is 6.33 Å². The van der Waals surface area contributed by atoms with Crippen LogP contribution in [-0.4, -0.2) is 54.1 Å². The molecule has 1 aliphatic rings. The molecule has 1 aliphatic heterocycles. The van der Waals surface area contributed by atoms with Gasteiger partial charge >= 0.3 is 0 Å². The predicted octanol–water partition coefficient (Wildman–Crippen LogP) is 0.0817. The van der Waals surface area contributed by atoms with E-state index in [0.717, 1.165) is 45.7 Å². The summed E-state index contributed by atoms with van der Waals surface area (Å²) in [6.07, 6.45) is 2.49. The topological polar surface area (TPSA) is 73.0 Å². The lowest BCUT2D eigenvalue weighted by Gasteiger charge is -2.27. The number of anilines is 1. The van der Waals surface area contributed by atoms with Gasteiger partial charge in [0.2, 0.25) is 0 Å². The molecule has 1 aromatic rings. The van der Waals surface area contributed by atoms with E-state index in [1.54, 1.807) is 0 Å². The standard InChI is InChI=1S/C11H18IN5O/c12-9-10(15-8-16-11(9)18)14-2-1-5-17-6-3-13-4-7-17/h8,13H,1-7H2,(H2,14,15,16,18). The predicted molar refractivity (Wildman–Crippen MR) is 80.0 cm³/mol. The summed E-state index contributed by atoms with van der Waals surface area (Å²) in [6, 6.07) is 0. The van der Waals surface area contributed by atoms with E-state index in [-0.39, 0.29) is 5.56 Å². The van der Waals surface area contributed by atoms with Gasteiger partial charge in [-0.15, -0.1) is 0 Å². The van der Waals surface area contributed by atoms with Crippen molar-refractivity contribution < 1.29 is 0 Å². The number of hydrogen-bond donors (Lipinski definition) is 3. The first kappa shape index (κ1) is 13.8. The molecule has 0 spiro atoms. The number of aromatic amines is 1. The van der Waals surface area contributed by atoms with Crippen molar-refractivity contribution in [3.8, 4) is 0 Å². The van der Waals surface area contributed by atoms with Crippen LogP contribution >= 0.6 is 22.6 Å². The molecule has 0 aliphatic carbocycles. The summed E-state index contributed by atoms with van der Waals surface area (Å²) in [6.45, 7) is 6.36. The Balaban J connectivity index is 1.71. The first-order chi connectivity index (χ1) is 8.77. The average molecular weight is 363 g/mol. The minimum atomic E-state index is -0.0878. The van der Waals surface area contributed by atoms with Crippen LogP contribution in [0.1, 0.15) is 6.42 Å². The number of H-pyrrole nitrogens is 1. The zero-order valence-electron chi connectivity index (χ0n) is 10.2. The molecule has 1 fully saturated rings. The van der Waals surface area contributed by atoms with Gasteiger partial charge in [-0.3, -0.25) is 4.79 Å². The molecular weight excluding hydrogens is 345 g/mol. The van der Waals surface area contributed by atoms with Crippen LogP contribution in [0.3, 0.4) is 0 Å². The highest BCUT2D eigenvalue weighted by Crippen LogP contribution is 2.08. The van der Waals surface area contributed by atoms with Crippen molar-refractivity contribution in [1.82, 2.24) is 20.2 Å². The van der Waals surface area contributed by atoms with Gasteiger partial charge in [-0.05, 0) is 35.6 Å². The molecule has 2 rings (SSSR count). The Kier molecular flexibility index (Phi) is 5.39. The van der Waals surface area contributed by atoms with Crippen molar-refractivity contribution in [1.29, 1.82) is 0 Å². The number of rotatable bonds is 5. The van der Waals surface area contributed by atoms with Crippen molar-refractivity contribution in [2.45, 2.75) is 6.42 Å². The Morgan fingerprint density at radius 1 is 1.44 bits per heavy atom. The highest BCUT2D eigenvalue weighted by Gasteiger charge is 2.09. The van der Waals surface area contributed by atoms with E-state index in [9.17, 15) is 4.79 Å². The Bertz CT molecular complexity index is 430. The number of aromatic nitrogens is 2. The van der Waals surface area contributed by atoms with Gasteiger partial charge < -0.3 is 20.5 Å². The monoisotopic (exact) mass is 363 g/mol. The molecule has 1 aromatic heterocycles. The van der Waals surface area contributed by atoms with Crippen LogP contribution in [0.5, 0.6) is 0 Å². The molecule has 1 saturated heterocycles. The van der Waals surface area contributed by atoms with Gasteiger partial charge in [0.15, 0.2) is 0 Å². The van der Waals surface area contributed by atoms with E-state index in [0.29, 0.717) is 9.39 Å². The summed E-state index contributed by atoms with van der Waals surface area (Å²) in [4.78, 5) is 20.5. The number of nitrogens with zero attached hydrogens (tertiary/aromatic N) is 2. The van der Waals surface area contributed by atoms with Gasteiger partial charge in [-0.25, -0.2) is 4.98 Å². The highest BCUT2D eigenvalue weighted by atomic mass is 127. The van der Waals surface area contributed by atoms with Gasteiger partial charge in [0.25, 0.3) is 5.56 Å². The second-order valence-corrected chi connectivity index (χ2v) is 5.34. The SMILES string of the molecule is O=c1[nH]cnc(NCCCN2CCNCC2)c1I. The first-order valence-electron chi connectivity index (χ1n) is 6.17. The minimum absolute atomic E-state index is 0.0878. The van der Waals surface area contributed by atoms with Crippen molar-refractivity contribution in [3.63, 3.8) is 0 Å². The fraction of sp³-hybridized carbons (Fsp3) is 0.636. The third-order valence-electron chi connectivity index (χ3n) is 2.95. The fourth-order valence-electron chi connectivity index (χ4n) is 1.95. The van der Waals surface area contributed by atoms with Crippen LogP contribution in [0.4, 0.5) is 5.82 Å². The largest absolute Gasteiger partial charge is 0.369 e. The molecule has 100 valence electrons. The minimum Gasteiger partial charge on any atom is -0.369 e. The van der Waals surface area contributed by atoms with Crippen molar-refractivity contribution in [2.75, 3.05) is 44.6 Å². The smallest absolute Gasteiger partial charge is 0.266 e. The summed E-state index contributed by atoms with van der Waals surface area (Å²) >= 11 is 2.01. The summed E-state index contributed by atoms with van der Waals surface area (Å²) in [5.74, 6) is 0.680. The molecule has 6 nitrogen and oxygen atoms in total. The van der Waals surface area contributed by atoms with Crippen LogP contribution < -0.4 is 16.2 Å². The van der Waals surface area contributed by atoms with Gasteiger partial charge in [-0.2, -0.15) is 0 Å². The molecule has 0 aromatic carbocycles. The third-order valence-corrected chi connectivity index (χ3v) is 3.95. The molecule has 0 amide bonds. The average Bonchev–Trinajstić information content (AvgIpc) is 2.40. The number of nitrogens with one attached hydrogen (secondary N) is 3. The van der Waals surface area contributed by atoms with Gasteiger partial charge in [0.1, 0.15) is 9.39 Å². The van der Waals surface area contributed by atoms with E-state index in [1.807, 2.05) is 22.6 Å². The molecule has 7 heteroatoms. The van der Waals surface area contributed by atoms with Crippen LogP contribution in [-0.2, 0) is 0 Å². The lowest BCUT2D eigenvalue weighted by molar-refractivity contribution is 0.240. The maximum Gasteiger partial charge on any atom is 0.266 e. The Morgan fingerprint density at radius 3 is 3.00 bits per heavy atom. The van der Waals surface area contributed by atoms with E-state index >= 15 is 0 Å². The maximum atomic E-state index is 11.4. The maximum absolute atomic E-state index is 11.4. The zero-order valence-corrected chi connectivity index (χ0v) is 12.4. The normalized spacial score (nSPS) is 16.7. The molecule has 0 bridgehead atoms. The van der Waals surface area contributed by atoms with Crippen LogP contribution in [0.2, 0.25) is 0 Å². The van der Waals surface area contributed by atoms with E-state index < -0.39 is 0 Å². The summed E-state index contributed by atoms with van der Waals surface area (Å²) < 4.78 is 0.622. The lowest BCUT2D eigenvalue weighted by atomic mass is 10.3. The van der Waals surface area contributed by atoms with Crippen molar-refractivity contribution in [3.05, 3.63) is 20.3 Å². The molecule has 0 saturated carbocycles. The Hall–Kier alpha value is -0.670. The van der Waals surface area contributed by atoms with Crippen molar-refractivity contribution >= 4 is 28.4 Å². The first-order valence-corrected chi connectivity index (χ1v) is 7.25. The Labute approximate surface area is 120 Å². The van der Waals surface area contributed by atoms with E-state index in [2.05, 4.69) is 25.5 Å². The second-order valence-electron chi connectivity index (χ2n) is 4.27. The number of piperazine rings is 1. The quantitative estimate of drug-likeness (QED) is 0.511. The van der Waals surface area contributed by atoms with Gasteiger partial charge in [-0.1, -0.05) is 0 Å². The lowest BCUT2D eigenvalue weighted by Crippen LogP contribution is -2.44. The Morgan fingerprint density at radius 2 is 2.22 bits per heavy atom. The summed E-state index contributed by atoms with van der Waals surface area (Å²) in [5.41, 5.74) is -0.0878. The summed E-state index contributed by atoms with van der Waals surface area (Å²) in [5, 5.41) is 6.55. The van der Waals surface area contributed by atoms with Crippen molar-refractivity contribution in [2.24, 2.45) is 0 Å². The molecule has 0 radical (unpaired) electrons. The highest BCUT2D eigenvalue weighted by molar-refractivity contribution is 14.1. The van der Waals surface area contributed by atoms with Crippen LogP contribution in [0, 0.1) is 3.57 Å². The molecule has 3 N–H and O–H groups in total. The van der Waals surface area contributed by atoms with Gasteiger partial charge in [0, 0.05) is 32.7 Å². The number of halogens is 1. The van der Waals surface area contributed by atoms with E-state index in [4.69, 9.17) is 0 Å². The van der Waals surface area contributed by atoms with Crippen LogP contribution in [0.15, 0.2) is 11.1 Å². The zero-order chi connectivity index (χ0) is 12.8. The molecule has 0 unspecified atom stereocenters. The molecule has 0 atom stereocenters. The molecule has 2 heterocycles. The summed E-state index contributed by atoms with van der Waals surface area (Å²) in [7, 11) is 0. The second kappa shape index (κ2) is 7.05. The number of hydrogen-bond acceptors (Lipinski definition) is 5. The fourth-order valence-corrected chi connectivity index (χ4v) is 2.44. The van der Waals surface area contributed by atoms with Gasteiger partial charge in [0.05, 0.1) is 6.33 Å². The molecule has 18 heavy (non-hydrogen) atoms. The van der Waals surface area contributed by atoms with Crippen LogP contribution in [0.25, 0.3) is 0 Å². The third kappa shape index (κ3) is 3.92. The molecular formula is C11H18IN5O.